The molecule has 3 aromatic rings. The Labute approximate surface area is 191 Å². The van der Waals surface area contributed by atoms with Crippen LogP contribution in [-0.4, -0.2) is 44.2 Å². The lowest BCUT2D eigenvalue weighted by Crippen LogP contribution is -2.47. The second-order valence-electron chi connectivity index (χ2n) is 9.29. The van der Waals surface area contributed by atoms with E-state index in [0.717, 1.165) is 52.1 Å². The predicted octanol–water partition coefficient (Wildman–Crippen LogP) is 5.54. The van der Waals surface area contributed by atoms with Crippen molar-refractivity contribution in [3.8, 4) is 0 Å². The molecule has 3 nitrogen and oxygen atoms in total. The lowest BCUT2D eigenvalue weighted by molar-refractivity contribution is 0.261. The van der Waals surface area contributed by atoms with Gasteiger partial charge >= 0.3 is 0 Å². The van der Waals surface area contributed by atoms with Gasteiger partial charge in [-0.3, -0.25) is 4.90 Å². The molecule has 0 unspecified atom stereocenters. The van der Waals surface area contributed by atoms with Gasteiger partial charge in [-0.15, -0.1) is 0 Å². The second-order valence-corrected chi connectivity index (χ2v) is 9.29. The van der Waals surface area contributed by atoms with Gasteiger partial charge < -0.3 is 9.80 Å². The van der Waals surface area contributed by atoms with Crippen LogP contribution in [0.1, 0.15) is 27.8 Å². The van der Waals surface area contributed by atoms with Crippen LogP contribution in [0.2, 0.25) is 0 Å². The Hall–Kier alpha value is -3.04. The maximum atomic E-state index is 2.63. The molecule has 0 amide bonds. The quantitative estimate of drug-likeness (QED) is 0.548. The van der Waals surface area contributed by atoms with Crippen LogP contribution in [0, 0.1) is 6.92 Å². The number of piperazine rings is 1. The van der Waals surface area contributed by atoms with Crippen LogP contribution in [-0.2, 0) is 12.8 Å². The van der Waals surface area contributed by atoms with E-state index in [-0.39, 0.29) is 0 Å². The van der Waals surface area contributed by atoms with Gasteiger partial charge in [0, 0.05) is 56.2 Å². The molecule has 0 aliphatic carbocycles. The standard InChI is InChI=1S/C29H31N3/c1-22-23(14-16-30-18-20-31(21-19-30)26-8-3-2-4-9-26)11-13-28-27(22)12-10-24-6-5-7-25-15-17-32(28)29(24)25/h2-13H,14-21H2,1H3. The molecule has 0 radical (unpaired) electrons. The van der Waals surface area contributed by atoms with Crippen LogP contribution in [0.25, 0.3) is 12.2 Å². The molecule has 3 aliphatic rings. The second kappa shape index (κ2) is 8.14. The fourth-order valence-corrected chi connectivity index (χ4v) is 5.66. The highest BCUT2D eigenvalue weighted by atomic mass is 15.3. The molecule has 1 fully saturated rings. The van der Waals surface area contributed by atoms with E-state index in [9.17, 15) is 0 Å². The Kier molecular flexibility index (Phi) is 4.99. The summed E-state index contributed by atoms with van der Waals surface area (Å²) in [4.78, 5) is 7.68. The molecule has 0 bridgehead atoms. The average molecular weight is 422 g/mol. The zero-order valence-corrected chi connectivity index (χ0v) is 18.9. The Balaban J connectivity index is 1.16. The van der Waals surface area contributed by atoms with Crippen molar-refractivity contribution in [1.82, 2.24) is 4.90 Å². The minimum absolute atomic E-state index is 1.09. The van der Waals surface area contributed by atoms with Crippen molar-refractivity contribution in [1.29, 1.82) is 0 Å². The van der Waals surface area contributed by atoms with Crippen LogP contribution in [0.3, 0.4) is 0 Å². The number of hydrogen-bond acceptors (Lipinski definition) is 3. The first-order chi connectivity index (χ1) is 15.8. The lowest BCUT2D eigenvalue weighted by atomic mass is 9.97. The van der Waals surface area contributed by atoms with Crippen molar-refractivity contribution in [2.75, 3.05) is 49.1 Å². The molecule has 162 valence electrons. The van der Waals surface area contributed by atoms with Gasteiger partial charge in [0.05, 0.1) is 5.69 Å². The van der Waals surface area contributed by atoms with Gasteiger partial charge in [0.2, 0.25) is 0 Å². The molecule has 32 heavy (non-hydrogen) atoms. The van der Waals surface area contributed by atoms with Crippen LogP contribution >= 0.6 is 0 Å². The van der Waals surface area contributed by atoms with E-state index in [1.165, 1.54) is 44.9 Å². The monoisotopic (exact) mass is 421 g/mol. The van der Waals surface area contributed by atoms with Crippen molar-refractivity contribution in [3.05, 3.63) is 88.5 Å². The first-order valence-corrected chi connectivity index (χ1v) is 12.0. The van der Waals surface area contributed by atoms with Gasteiger partial charge in [0.1, 0.15) is 0 Å². The van der Waals surface area contributed by atoms with Gasteiger partial charge in [-0.1, -0.05) is 54.6 Å². The summed E-state index contributed by atoms with van der Waals surface area (Å²) in [5, 5.41) is 0. The zero-order valence-electron chi connectivity index (χ0n) is 18.9. The summed E-state index contributed by atoms with van der Waals surface area (Å²) >= 11 is 0. The average Bonchev–Trinajstić information content (AvgIpc) is 3.20. The van der Waals surface area contributed by atoms with E-state index >= 15 is 0 Å². The zero-order chi connectivity index (χ0) is 21.5. The number of hydrogen-bond donors (Lipinski definition) is 0. The van der Waals surface area contributed by atoms with Gasteiger partial charge in [-0.05, 0) is 60.2 Å². The minimum Gasteiger partial charge on any atom is -0.369 e. The van der Waals surface area contributed by atoms with E-state index < -0.39 is 0 Å². The third-order valence-electron chi connectivity index (χ3n) is 7.54. The van der Waals surface area contributed by atoms with Gasteiger partial charge in [-0.2, -0.15) is 0 Å². The molecule has 1 saturated heterocycles. The number of anilines is 3. The number of fused-ring (bicyclic) bond motifs is 2. The molecular weight excluding hydrogens is 390 g/mol. The van der Waals surface area contributed by atoms with Crippen molar-refractivity contribution in [2.45, 2.75) is 19.8 Å². The van der Waals surface area contributed by atoms with Gasteiger partial charge in [-0.25, -0.2) is 0 Å². The van der Waals surface area contributed by atoms with Crippen LogP contribution in [0.4, 0.5) is 17.1 Å². The molecule has 6 rings (SSSR count). The molecule has 0 saturated carbocycles. The lowest BCUT2D eigenvalue weighted by Gasteiger charge is -2.36. The Morgan fingerprint density at radius 2 is 1.62 bits per heavy atom. The first-order valence-electron chi connectivity index (χ1n) is 12.0. The van der Waals surface area contributed by atoms with Crippen LogP contribution in [0.5, 0.6) is 0 Å². The number of para-hydroxylation sites is 2. The van der Waals surface area contributed by atoms with E-state index in [0.29, 0.717) is 0 Å². The van der Waals surface area contributed by atoms with E-state index in [1.807, 2.05) is 0 Å². The Morgan fingerprint density at radius 3 is 2.47 bits per heavy atom. The smallest absolute Gasteiger partial charge is 0.0517 e. The van der Waals surface area contributed by atoms with Crippen molar-refractivity contribution in [3.63, 3.8) is 0 Å². The van der Waals surface area contributed by atoms with Crippen LogP contribution in [0.15, 0.2) is 60.7 Å². The summed E-state index contributed by atoms with van der Waals surface area (Å²) in [5.74, 6) is 0. The molecule has 3 aromatic carbocycles. The molecule has 0 spiro atoms. The molecular formula is C29H31N3. The number of benzene rings is 3. The molecule has 3 heteroatoms. The van der Waals surface area contributed by atoms with Crippen molar-refractivity contribution >= 4 is 29.2 Å². The molecule has 0 N–H and O–H groups in total. The summed E-state index contributed by atoms with van der Waals surface area (Å²) < 4.78 is 0. The van der Waals surface area contributed by atoms with E-state index in [4.69, 9.17) is 0 Å². The Morgan fingerprint density at radius 1 is 0.781 bits per heavy atom. The molecule has 0 aromatic heterocycles. The maximum absolute atomic E-state index is 2.63. The Bertz CT molecular complexity index is 1160. The van der Waals surface area contributed by atoms with Crippen molar-refractivity contribution < 1.29 is 0 Å². The van der Waals surface area contributed by atoms with Crippen LogP contribution < -0.4 is 9.80 Å². The first kappa shape index (κ1) is 19.6. The predicted molar refractivity (Wildman–Crippen MR) is 136 cm³/mol. The summed E-state index contributed by atoms with van der Waals surface area (Å²) in [6.45, 7) is 9.07. The SMILES string of the molecule is Cc1c(CCN2CCN(c3ccccc3)CC2)ccc2c1C=Cc1cccc3c1N2CC3. The highest BCUT2D eigenvalue weighted by Gasteiger charge is 2.27. The van der Waals surface area contributed by atoms with E-state index in [1.54, 1.807) is 0 Å². The van der Waals surface area contributed by atoms with Gasteiger partial charge in [0.15, 0.2) is 0 Å². The maximum Gasteiger partial charge on any atom is 0.0517 e. The highest BCUT2D eigenvalue weighted by molar-refractivity contribution is 5.92. The van der Waals surface area contributed by atoms with E-state index in [2.05, 4.69) is 94.4 Å². The molecule has 0 atom stereocenters. The fraction of sp³-hybridized carbons (Fsp3) is 0.310. The largest absolute Gasteiger partial charge is 0.369 e. The number of nitrogens with zero attached hydrogens (tertiary/aromatic N) is 3. The normalized spacial score (nSPS) is 17.3. The third-order valence-corrected chi connectivity index (χ3v) is 7.54. The molecule has 3 aliphatic heterocycles. The highest BCUT2D eigenvalue weighted by Crippen LogP contribution is 2.43. The van der Waals surface area contributed by atoms with Crippen molar-refractivity contribution in [2.24, 2.45) is 0 Å². The summed E-state index contributed by atoms with van der Waals surface area (Å²) in [5.41, 5.74) is 11.3. The topological polar surface area (TPSA) is 9.72 Å². The van der Waals surface area contributed by atoms with Gasteiger partial charge in [0.25, 0.3) is 0 Å². The summed E-state index contributed by atoms with van der Waals surface area (Å²) in [6.07, 6.45) is 6.94. The summed E-state index contributed by atoms with van der Waals surface area (Å²) in [7, 11) is 0. The minimum atomic E-state index is 1.09. The fourth-order valence-electron chi connectivity index (χ4n) is 5.66. The third kappa shape index (κ3) is 3.41. The number of rotatable bonds is 4. The molecule has 3 heterocycles. The summed E-state index contributed by atoms with van der Waals surface area (Å²) in [6, 6.07) is 22.3.